The van der Waals surface area contributed by atoms with Crippen molar-refractivity contribution in [3.05, 3.63) is 24.3 Å². The molecule has 2 amide bonds. The first-order valence-electron chi connectivity index (χ1n) is 6.18. The first kappa shape index (κ1) is 13.2. The fourth-order valence-electron chi connectivity index (χ4n) is 1.84. The predicted molar refractivity (Wildman–Crippen MR) is 70.5 cm³/mol. The standard InChI is InChI=1S/C13H17N3O3/c14-9-1-4-11(5-2-9)19-8-13(18)16-10-3-6-12(17)15-7-10/h1-2,4-5,10H,3,6-8,14H2,(H,15,17)(H,16,18). The van der Waals surface area contributed by atoms with Gasteiger partial charge in [-0.3, -0.25) is 9.59 Å². The molecule has 0 saturated carbocycles. The van der Waals surface area contributed by atoms with Gasteiger partial charge in [-0.1, -0.05) is 0 Å². The molecule has 1 atom stereocenters. The van der Waals surface area contributed by atoms with Crippen molar-refractivity contribution in [1.29, 1.82) is 0 Å². The van der Waals surface area contributed by atoms with E-state index in [9.17, 15) is 9.59 Å². The summed E-state index contributed by atoms with van der Waals surface area (Å²) in [6.45, 7) is 0.431. The highest BCUT2D eigenvalue weighted by molar-refractivity contribution is 5.79. The Morgan fingerprint density at radius 2 is 2.16 bits per heavy atom. The number of nitrogens with two attached hydrogens (primary N) is 1. The summed E-state index contributed by atoms with van der Waals surface area (Å²) in [4.78, 5) is 22.6. The molecule has 0 bridgehead atoms. The van der Waals surface area contributed by atoms with Crippen molar-refractivity contribution >= 4 is 17.5 Å². The molecule has 1 fully saturated rings. The Morgan fingerprint density at radius 1 is 1.42 bits per heavy atom. The highest BCUT2D eigenvalue weighted by Crippen LogP contribution is 2.12. The lowest BCUT2D eigenvalue weighted by molar-refractivity contribution is -0.126. The summed E-state index contributed by atoms with van der Waals surface area (Å²) in [7, 11) is 0. The van der Waals surface area contributed by atoms with Gasteiger partial charge in [-0.15, -0.1) is 0 Å². The van der Waals surface area contributed by atoms with E-state index in [1.165, 1.54) is 0 Å². The number of carbonyl (C=O) groups excluding carboxylic acids is 2. The lowest BCUT2D eigenvalue weighted by Crippen LogP contribution is -2.48. The van der Waals surface area contributed by atoms with Gasteiger partial charge in [-0.2, -0.15) is 0 Å². The molecule has 102 valence electrons. The second kappa shape index (κ2) is 6.08. The van der Waals surface area contributed by atoms with Crippen LogP contribution in [0.5, 0.6) is 5.75 Å². The van der Waals surface area contributed by atoms with E-state index < -0.39 is 0 Å². The Balaban J connectivity index is 1.72. The van der Waals surface area contributed by atoms with E-state index >= 15 is 0 Å². The smallest absolute Gasteiger partial charge is 0.258 e. The number of ether oxygens (including phenoxy) is 1. The first-order chi connectivity index (χ1) is 9.13. The van der Waals surface area contributed by atoms with Crippen molar-refractivity contribution in [2.24, 2.45) is 0 Å². The number of amides is 2. The van der Waals surface area contributed by atoms with Crippen molar-refractivity contribution in [2.75, 3.05) is 18.9 Å². The van der Waals surface area contributed by atoms with Crippen molar-refractivity contribution < 1.29 is 14.3 Å². The lowest BCUT2D eigenvalue weighted by atomic mass is 10.1. The molecule has 1 aliphatic heterocycles. The summed E-state index contributed by atoms with van der Waals surface area (Å²) >= 11 is 0. The van der Waals surface area contributed by atoms with Gasteiger partial charge in [0.1, 0.15) is 5.75 Å². The molecule has 1 heterocycles. The van der Waals surface area contributed by atoms with Crippen molar-refractivity contribution in [2.45, 2.75) is 18.9 Å². The zero-order valence-corrected chi connectivity index (χ0v) is 10.5. The number of piperidine rings is 1. The van der Waals surface area contributed by atoms with Crippen LogP contribution in [0, 0.1) is 0 Å². The van der Waals surface area contributed by atoms with E-state index in [0.717, 1.165) is 0 Å². The minimum Gasteiger partial charge on any atom is -0.484 e. The summed E-state index contributed by atoms with van der Waals surface area (Å²) in [5.41, 5.74) is 6.20. The average molecular weight is 263 g/mol. The van der Waals surface area contributed by atoms with E-state index in [-0.39, 0.29) is 24.5 Å². The maximum Gasteiger partial charge on any atom is 0.258 e. The fourth-order valence-corrected chi connectivity index (χ4v) is 1.84. The zero-order chi connectivity index (χ0) is 13.7. The van der Waals surface area contributed by atoms with Gasteiger partial charge >= 0.3 is 0 Å². The van der Waals surface area contributed by atoms with Crippen LogP contribution >= 0.6 is 0 Å². The number of rotatable bonds is 4. The summed E-state index contributed by atoms with van der Waals surface area (Å²) in [5, 5.41) is 5.53. The number of benzene rings is 1. The molecule has 1 aromatic carbocycles. The van der Waals surface area contributed by atoms with Gasteiger partial charge in [0.15, 0.2) is 6.61 Å². The van der Waals surface area contributed by atoms with Gasteiger partial charge in [0.2, 0.25) is 5.91 Å². The summed E-state index contributed by atoms with van der Waals surface area (Å²) in [6, 6.07) is 6.83. The third-order valence-electron chi connectivity index (χ3n) is 2.88. The molecule has 1 aromatic rings. The number of hydrogen-bond donors (Lipinski definition) is 3. The highest BCUT2D eigenvalue weighted by Gasteiger charge is 2.19. The molecular formula is C13H17N3O3. The van der Waals surface area contributed by atoms with Crippen molar-refractivity contribution in [3.63, 3.8) is 0 Å². The molecule has 1 aliphatic rings. The summed E-state index contributed by atoms with van der Waals surface area (Å²) < 4.78 is 5.33. The molecule has 0 aliphatic carbocycles. The minimum atomic E-state index is -0.196. The van der Waals surface area contributed by atoms with E-state index in [1.807, 2.05) is 0 Å². The Labute approximate surface area is 111 Å². The molecular weight excluding hydrogens is 246 g/mol. The van der Waals surface area contributed by atoms with Crippen LogP contribution < -0.4 is 21.1 Å². The molecule has 0 spiro atoms. The maximum atomic E-state index is 11.7. The van der Waals surface area contributed by atoms with Crippen LogP contribution in [0.15, 0.2) is 24.3 Å². The van der Waals surface area contributed by atoms with E-state index in [4.69, 9.17) is 10.5 Å². The molecule has 0 aromatic heterocycles. The molecule has 19 heavy (non-hydrogen) atoms. The van der Waals surface area contributed by atoms with Crippen LogP contribution in [0.3, 0.4) is 0 Å². The average Bonchev–Trinajstić information content (AvgIpc) is 2.41. The number of anilines is 1. The van der Waals surface area contributed by atoms with Gasteiger partial charge in [-0.25, -0.2) is 0 Å². The topological polar surface area (TPSA) is 93.4 Å². The first-order valence-corrected chi connectivity index (χ1v) is 6.18. The van der Waals surface area contributed by atoms with Crippen molar-refractivity contribution in [1.82, 2.24) is 10.6 Å². The normalized spacial score (nSPS) is 18.5. The summed E-state index contributed by atoms with van der Waals surface area (Å²) in [6.07, 6.45) is 1.11. The Hall–Kier alpha value is -2.24. The SMILES string of the molecule is Nc1ccc(OCC(=O)NC2CCC(=O)NC2)cc1. The van der Waals surface area contributed by atoms with Crippen LogP contribution in [-0.2, 0) is 9.59 Å². The Bertz CT molecular complexity index is 449. The molecule has 1 unspecified atom stereocenters. The minimum absolute atomic E-state index is 0.0137. The largest absolute Gasteiger partial charge is 0.484 e. The van der Waals surface area contributed by atoms with Crippen LogP contribution in [0.1, 0.15) is 12.8 Å². The number of hydrogen-bond acceptors (Lipinski definition) is 4. The highest BCUT2D eigenvalue weighted by atomic mass is 16.5. The van der Waals surface area contributed by atoms with Gasteiger partial charge < -0.3 is 21.1 Å². The number of nitrogens with one attached hydrogen (secondary N) is 2. The second-order valence-corrected chi connectivity index (χ2v) is 4.46. The third kappa shape index (κ3) is 4.17. The van der Waals surface area contributed by atoms with Crippen LogP contribution in [0.2, 0.25) is 0 Å². The second-order valence-electron chi connectivity index (χ2n) is 4.46. The monoisotopic (exact) mass is 263 g/mol. The van der Waals surface area contributed by atoms with Crippen LogP contribution in [0.4, 0.5) is 5.69 Å². The van der Waals surface area contributed by atoms with Crippen LogP contribution in [-0.4, -0.2) is 31.0 Å². The Kier molecular flexibility index (Phi) is 4.22. The fraction of sp³-hybridized carbons (Fsp3) is 0.385. The van der Waals surface area contributed by atoms with E-state index in [1.54, 1.807) is 24.3 Å². The number of carbonyl (C=O) groups is 2. The summed E-state index contributed by atoms with van der Waals surface area (Å²) in [5.74, 6) is 0.433. The van der Waals surface area contributed by atoms with E-state index in [2.05, 4.69) is 10.6 Å². The quantitative estimate of drug-likeness (QED) is 0.669. The van der Waals surface area contributed by atoms with E-state index in [0.29, 0.717) is 30.8 Å². The molecule has 6 heteroatoms. The maximum absolute atomic E-state index is 11.7. The number of nitrogen functional groups attached to an aromatic ring is 1. The molecule has 6 nitrogen and oxygen atoms in total. The van der Waals surface area contributed by atoms with Gasteiger partial charge in [0.05, 0.1) is 0 Å². The zero-order valence-electron chi connectivity index (χ0n) is 10.5. The van der Waals surface area contributed by atoms with Crippen molar-refractivity contribution in [3.8, 4) is 5.75 Å². The molecule has 0 radical (unpaired) electrons. The molecule has 4 N–H and O–H groups in total. The Morgan fingerprint density at radius 3 is 2.79 bits per heavy atom. The van der Waals surface area contributed by atoms with Gasteiger partial charge in [0.25, 0.3) is 5.91 Å². The molecule has 1 saturated heterocycles. The molecule has 2 rings (SSSR count). The van der Waals surface area contributed by atoms with Crippen LogP contribution in [0.25, 0.3) is 0 Å². The third-order valence-corrected chi connectivity index (χ3v) is 2.88. The lowest BCUT2D eigenvalue weighted by Gasteiger charge is -2.23. The predicted octanol–water partition coefficient (Wildman–Crippen LogP) is 0.0424. The van der Waals surface area contributed by atoms with Gasteiger partial charge in [-0.05, 0) is 30.7 Å². The van der Waals surface area contributed by atoms with Gasteiger partial charge in [0, 0.05) is 24.7 Å².